The molecule has 1 aromatic heterocycles. The van der Waals surface area contributed by atoms with Crippen molar-refractivity contribution >= 4 is 34.7 Å². The number of thioether (sulfide) groups is 1. The number of carbonyl (C=O) groups excluding carboxylic acids is 2. The second kappa shape index (κ2) is 10.3. The first-order valence-corrected chi connectivity index (χ1v) is 15.4. The summed E-state index contributed by atoms with van der Waals surface area (Å²) in [6.45, 7) is 9.60. The molecule has 12 heteroatoms. The molecular formula is C30H35F3N5O3S+. The number of hydrogen-bond acceptors (Lipinski definition) is 6. The van der Waals surface area contributed by atoms with Crippen LogP contribution < -0.4 is 0 Å². The minimum Gasteiger partial charge on any atom is -0.456 e. The first kappa shape index (κ1) is 29.0. The zero-order valence-electron chi connectivity index (χ0n) is 24.2. The van der Waals surface area contributed by atoms with Gasteiger partial charge in [0.2, 0.25) is 0 Å². The largest absolute Gasteiger partial charge is 0.456 e. The lowest BCUT2D eigenvalue weighted by atomic mass is 10.0. The minimum absolute atomic E-state index is 0.0591. The van der Waals surface area contributed by atoms with E-state index in [1.165, 1.54) is 6.07 Å². The highest BCUT2D eigenvalue weighted by molar-refractivity contribution is 7.99. The van der Waals surface area contributed by atoms with Crippen molar-refractivity contribution in [2.75, 3.05) is 37.8 Å². The van der Waals surface area contributed by atoms with Crippen molar-refractivity contribution in [3.63, 3.8) is 0 Å². The standard InChI is InChI=1S/C30H35F3N5O3S/c1-19-34-23-16-20(30(31,32)33)7-8-24(23)37(19)21-9-11-36(12-10-21)38-14-5-6-25(38)26(28(40)41-29(2,3)4)22(17-38)27(39)35-13-15-42-18-35/h5-8,14,16,21H,9-13,15,17-18H2,1-4H3/q+1/t38-/m1/s1. The number of hydrogen-bond donors (Lipinski definition) is 0. The lowest BCUT2D eigenvalue weighted by molar-refractivity contribution is -0.949. The Kier molecular flexibility index (Phi) is 7.09. The maximum Gasteiger partial charge on any atom is 0.416 e. The van der Waals surface area contributed by atoms with Gasteiger partial charge >= 0.3 is 12.1 Å². The van der Waals surface area contributed by atoms with Gasteiger partial charge in [-0.1, -0.05) is 0 Å². The van der Waals surface area contributed by atoms with Crippen LogP contribution in [-0.4, -0.2) is 79.3 Å². The number of amides is 1. The number of fused-ring (bicyclic) bond motifs is 2. The maximum atomic E-state index is 13.7. The van der Waals surface area contributed by atoms with Crippen molar-refractivity contribution in [2.45, 2.75) is 58.4 Å². The molecule has 0 unspecified atom stereocenters. The first-order chi connectivity index (χ1) is 19.8. The molecule has 2 saturated heterocycles. The summed E-state index contributed by atoms with van der Waals surface area (Å²) in [5.41, 5.74) is 1.22. The zero-order valence-corrected chi connectivity index (χ0v) is 25.0. The predicted molar refractivity (Wildman–Crippen MR) is 154 cm³/mol. The number of carbonyl (C=O) groups is 2. The molecule has 2 fully saturated rings. The summed E-state index contributed by atoms with van der Waals surface area (Å²) < 4.78 is 48.0. The molecule has 5 heterocycles. The Morgan fingerprint density at radius 2 is 1.86 bits per heavy atom. The van der Waals surface area contributed by atoms with Gasteiger partial charge in [-0.3, -0.25) is 4.79 Å². The van der Waals surface area contributed by atoms with Gasteiger partial charge in [0.05, 0.1) is 41.1 Å². The van der Waals surface area contributed by atoms with E-state index in [0.717, 1.165) is 36.4 Å². The number of esters is 1. The van der Waals surface area contributed by atoms with Crippen LogP contribution in [0.2, 0.25) is 0 Å². The quantitative estimate of drug-likeness (QED) is 0.348. The summed E-state index contributed by atoms with van der Waals surface area (Å²) in [5.74, 6) is 1.56. The fourth-order valence-corrected chi connectivity index (χ4v) is 7.49. The molecule has 1 atom stereocenters. The summed E-state index contributed by atoms with van der Waals surface area (Å²) in [6.07, 6.45) is 2.94. The fourth-order valence-electron chi connectivity index (χ4n) is 6.54. The number of benzene rings is 1. The molecule has 8 nitrogen and oxygen atoms in total. The van der Waals surface area contributed by atoms with E-state index in [0.29, 0.717) is 60.1 Å². The summed E-state index contributed by atoms with van der Waals surface area (Å²) in [5, 5.41) is 2.28. The van der Waals surface area contributed by atoms with Crippen LogP contribution in [0.5, 0.6) is 0 Å². The number of aryl methyl sites for hydroxylation is 1. The monoisotopic (exact) mass is 602 g/mol. The second-order valence-electron chi connectivity index (χ2n) is 12.3. The summed E-state index contributed by atoms with van der Waals surface area (Å²) in [4.78, 5) is 33.6. The Hall–Kier alpha value is -3.09. The molecule has 0 saturated carbocycles. The predicted octanol–water partition coefficient (Wildman–Crippen LogP) is 5.33. The third kappa shape index (κ3) is 4.97. The number of piperidine rings is 1. The van der Waals surface area contributed by atoms with Gasteiger partial charge in [-0.2, -0.15) is 17.8 Å². The van der Waals surface area contributed by atoms with Crippen molar-refractivity contribution in [2.24, 2.45) is 0 Å². The Bertz CT molecular complexity index is 1540. The first-order valence-electron chi connectivity index (χ1n) is 14.2. The van der Waals surface area contributed by atoms with Gasteiger partial charge in [-0.25, -0.2) is 9.78 Å². The van der Waals surface area contributed by atoms with Crippen molar-refractivity contribution in [1.82, 2.24) is 19.5 Å². The van der Waals surface area contributed by atoms with Gasteiger partial charge in [-0.15, -0.1) is 16.8 Å². The molecule has 0 N–H and O–H groups in total. The second-order valence-corrected chi connectivity index (χ2v) is 13.3. The topological polar surface area (TPSA) is 67.7 Å². The van der Waals surface area contributed by atoms with E-state index in [-0.39, 0.29) is 16.5 Å². The Labute approximate surface area is 247 Å². The van der Waals surface area contributed by atoms with Crippen LogP contribution in [0.15, 0.2) is 53.4 Å². The summed E-state index contributed by atoms with van der Waals surface area (Å²) in [6, 6.07) is 3.81. The molecule has 42 heavy (non-hydrogen) atoms. The fraction of sp³-hybridized carbons (Fsp3) is 0.500. The van der Waals surface area contributed by atoms with E-state index in [9.17, 15) is 22.8 Å². The average molecular weight is 603 g/mol. The third-order valence-corrected chi connectivity index (χ3v) is 9.33. The highest BCUT2D eigenvalue weighted by Gasteiger charge is 2.55. The molecule has 0 bridgehead atoms. The molecule has 1 amide bonds. The molecule has 224 valence electrons. The number of ether oxygens (including phenoxy) is 1. The van der Waals surface area contributed by atoms with Gasteiger partial charge in [0.1, 0.15) is 29.7 Å². The highest BCUT2D eigenvalue weighted by Crippen LogP contribution is 2.45. The van der Waals surface area contributed by atoms with E-state index in [2.05, 4.69) is 14.6 Å². The molecule has 2 aromatic rings. The van der Waals surface area contributed by atoms with Gasteiger partial charge < -0.3 is 14.2 Å². The number of quaternary nitrogens is 1. The van der Waals surface area contributed by atoms with Gasteiger partial charge in [0, 0.05) is 24.4 Å². The Morgan fingerprint density at radius 3 is 2.50 bits per heavy atom. The lowest BCUT2D eigenvalue weighted by Crippen LogP contribution is -2.56. The maximum absolute atomic E-state index is 13.7. The number of halogens is 3. The molecule has 6 rings (SSSR count). The van der Waals surface area contributed by atoms with E-state index < -0.39 is 23.3 Å². The van der Waals surface area contributed by atoms with Gasteiger partial charge in [0.25, 0.3) is 5.91 Å². The van der Waals surface area contributed by atoms with Crippen LogP contribution in [0.3, 0.4) is 0 Å². The van der Waals surface area contributed by atoms with Crippen LogP contribution in [0, 0.1) is 6.92 Å². The van der Waals surface area contributed by atoms with E-state index in [1.807, 2.05) is 46.0 Å². The molecule has 4 aliphatic heterocycles. The van der Waals surface area contributed by atoms with E-state index >= 15 is 0 Å². The zero-order chi connectivity index (χ0) is 30.0. The molecule has 0 radical (unpaired) electrons. The van der Waals surface area contributed by atoms with Crippen LogP contribution >= 0.6 is 11.8 Å². The molecule has 0 spiro atoms. The van der Waals surface area contributed by atoms with Gasteiger partial charge in [-0.05, 0) is 64.8 Å². The average Bonchev–Trinajstić information content (AvgIpc) is 3.68. The number of nitrogens with zero attached hydrogens (tertiary/aromatic N) is 5. The van der Waals surface area contributed by atoms with Crippen LogP contribution in [0.25, 0.3) is 11.0 Å². The number of imidazole rings is 1. The van der Waals surface area contributed by atoms with E-state index in [1.54, 1.807) is 16.7 Å². The van der Waals surface area contributed by atoms with Crippen LogP contribution in [-0.2, 0) is 20.5 Å². The molecule has 0 aliphatic carbocycles. The number of alkyl halides is 3. The van der Waals surface area contributed by atoms with E-state index in [4.69, 9.17) is 4.74 Å². The smallest absolute Gasteiger partial charge is 0.416 e. The summed E-state index contributed by atoms with van der Waals surface area (Å²) >= 11 is 1.70. The number of rotatable bonds is 4. The van der Waals surface area contributed by atoms with Gasteiger partial charge in [0.15, 0.2) is 5.70 Å². The normalized spacial score (nSPS) is 23.7. The van der Waals surface area contributed by atoms with Crippen molar-refractivity contribution < 1.29 is 32.1 Å². The van der Waals surface area contributed by atoms with Crippen LogP contribution in [0.1, 0.15) is 51.0 Å². The molecule has 1 aromatic carbocycles. The SMILES string of the molecule is Cc1nc2cc(C(F)(F)F)ccc2n1C1CCN([N@@+]23C=CC=C2C(C(=O)OC(C)(C)C)=C(C(=O)N2CCSC2)C3)CC1. The van der Waals surface area contributed by atoms with Crippen molar-refractivity contribution in [1.29, 1.82) is 0 Å². The van der Waals surface area contributed by atoms with Crippen molar-refractivity contribution in [3.05, 3.63) is 64.8 Å². The lowest BCUT2D eigenvalue weighted by Gasteiger charge is -2.43. The summed E-state index contributed by atoms with van der Waals surface area (Å²) in [7, 11) is 0. The minimum atomic E-state index is -4.42. The highest BCUT2D eigenvalue weighted by atomic mass is 32.2. The molecular weight excluding hydrogens is 567 g/mol. The number of allylic oxidation sites excluding steroid dienone is 2. The Balaban J connectivity index is 1.27. The molecule has 4 aliphatic rings. The number of aromatic nitrogens is 2. The Morgan fingerprint density at radius 1 is 1.12 bits per heavy atom. The third-order valence-electron chi connectivity index (χ3n) is 8.37. The van der Waals surface area contributed by atoms with Crippen LogP contribution in [0.4, 0.5) is 13.2 Å². The van der Waals surface area contributed by atoms with Crippen molar-refractivity contribution in [3.8, 4) is 0 Å².